The van der Waals surface area contributed by atoms with Gasteiger partial charge in [0, 0.05) is 11.9 Å². The minimum absolute atomic E-state index is 0.0630. The third-order valence-electron chi connectivity index (χ3n) is 3.69. The van der Waals surface area contributed by atoms with Gasteiger partial charge in [-0.05, 0) is 18.6 Å². The van der Waals surface area contributed by atoms with Crippen LogP contribution in [0.1, 0.15) is 11.3 Å². The van der Waals surface area contributed by atoms with Crippen LogP contribution in [-0.4, -0.2) is 56.0 Å². The molecule has 0 aliphatic rings. The van der Waals surface area contributed by atoms with Crippen molar-refractivity contribution >= 4 is 29.1 Å². The normalized spacial score (nSPS) is 10.7. The number of nitrogens with two attached hydrogens (primary N) is 1. The second-order valence-electron chi connectivity index (χ2n) is 5.64. The van der Waals surface area contributed by atoms with Gasteiger partial charge in [-0.2, -0.15) is 15.0 Å². The van der Waals surface area contributed by atoms with Crippen molar-refractivity contribution in [3.63, 3.8) is 0 Å². The molecule has 0 aliphatic heterocycles. The highest BCUT2D eigenvalue weighted by Gasteiger charge is 2.16. The summed E-state index contributed by atoms with van der Waals surface area (Å²) in [4.78, 5) is 27.6. The molecule has 27 heavy (non-hydrogen) atoms. The van der Waals surface area contributed by atoms with Gasteiger partial charge in [-0.25, -0.2) is 4.79 Å². The average molecular weight is 373 g/mol. The number of imidazole rings is 1. The maximum atomic E-state index is 10.9. The van der Waals surface area contributed by atoms with Crippen LogP contribution in [0.4, 0.5) is 16.6 Å². The van der Waals surface area contributed by atoms with Crippen LogP contribution in [-0.2, 0) is 16.0 Å². The summed E-state index contributed by atoms with van der Waals surface area (Å²) in [5.41, 5.74) is 8.36. The molecule has 3 aromatic heterocycles. The zero-order valence-corrected chi connectivity index (χ0v) is 14.8. The first kappa shape index (κ1) is 18.2. The number of fused-ring (bicyclic) bond motifs is 1. The summed E-state index contributed by atoms with van der Waals surface area (Å²) in [5.74, 6) is 0.337. The summed E-state index contributed by atoms with van der Waals surface area (Å²) >= 11 is 0. The van der Waals surface area contributed by atoms with Crippen molar-refractivity contribution in [2.75, 3.05) is 31.3 Å². The standard InChI is InChI=1S/C16H19N7O4/c1-9-3-4-10(7-19-9)8-23-13-11(20-15(23)24)12(17)21-14(22-13)18-5-6-27-16(25)26-2/h3-4,7H,5-6,8H2,1-2H3,(H,20,24)(H3,17,18,21,22). The number of nitrogens with zero attached hydrogens (tertiary/aromatic N) is 5. The fourth-order valence-electron chi connectivity index (χ4n) is 2.37. The van der Waals surface area contributed by atoms with Gasteiger partial charge in [0.1, 0.15) is 6.61 Å². The Morgan fingerprint density at radius 2 is 2.15 bits per heavy atom. The lowest BCUT2D eigenvalue weighted by atomic mass is 10.2. The van der Waals surface area contributed by atoms with E-state index in [1.165, 1.54) is 11.7 Å². The first-order valence-electron chi connectivity index (χ1n) is 8.06. The van der Waals surface area contributed by atoms with Crippen LogP contribution < -0.4 is 11.1 Å². The lowest BCUT2D eigenvalue weighted by Gasteiger charge is -2.08. The van der Waals surface area contributed by atoms with Crippen LogP contribution in [0, 0.1) is 6.92 Å². The summed E-state index contributed by atoms with van der Waals surface area (Å²) in [6, 6.07) is 3.56. The van der Waals surface area contributed by atoms with E-state index in [9.17, 15) is 9.90 Å². The molecule has 3 heterocycles. The monoisotopic (exact) mass is 373 g/mol. The number of methoxy groups -OCH3 is 1. The number of aromatic nitrogens is 5. The zero-order chi connectivity index (χ0) is 19.4. The molecule has 0 unspecified atom stereocenters. The van der Waals surface area contributed by atoms with Crippen molar-refractivity contribution in [3.05, 3.63) is 29.6 Å². The molecule has 3 aromatic rings. The average Bonchev–Trinajstić information content (AvgIpc) is 2.97. The van der Waals surface area contributed by atoms with Crippen molar-refractivity contribution in [2.24, 2.45) is 0 Å². The Bertz CT molecular complexity index is 956. The first-order valence-corrected chi connectivity index (χ1v) is 8.06. The number of hydrogen-bond donors (Lipinski definition) is 3. The Morgan fingerprint density at radius 1 is 1.33 bits per heavy atom. The van der Waals surface area contributed by atoms with Crippen molar-refractivity contribution in [2.45, 2.75) is 13.5 Å². The van der Waals surface area contributed by atoms with Crippen LogP contribution in [0.2, 0.25) is 0 Å². The van der Waals surface area contributed by atoms with Crippen LogP contribution in [0.3, 0.4) is 0 Å². The number of anilines is 2. The quantitative estimate of drug-likeness (QED) is 0.422. The molecule has 0 saturated heterocycles. The molecule has 0 aliphatic carbocycles. The Morgan fingerprint density at radius 3 is 2.85 bits per heavy atom. The molecule has 0 bridgehead atoms. The molecule has 3 rings (SSSR count). The Balaban J connectivity index is 1.82. The third kappa shape index (κ3) is 4.14. The van der Waals surface area contributed by atoms with Gasteiger partial charge in [-0.15, -0.1) is 0 Å². The lowest BCUT2D eigenvalue weighted by molar-refractivity contribution is 0.0759. The van der Waals surface area contributed by atoms with E-state index in [2.05, 4.69) is 30.0 Å². The van der Waals surface area contributed by atoms with Crippen LogP contribution in [0.15, 0.2) is 18.3 Å². The fourth-order valence-corrected chi connectivity index (χ4v) is 2.37. The lowest BCUT2D eigenvalue weighted by Crippen LogP contribution is -2.15. The maximum absolute atomic E-state index is 10.9. The van der Waals surface area contributed by atoms with Gasteiger partial charge in [0.15, 0.2) is 17.0 Å². The molecule has 0 radical (unpaired) electrons. The second-order valence-corrected chi connectivity index (χ2v) is 5.64. The number of ether oxygens (including phenoxy) is 2. The summed E-state index contributed by atoms with van der Waals surface area (Å²) in [6.07, 6.45) is 0.941. The van der Waals surface area contributed by atoms with Gasteiger partial charge in [0.25, 0.3) is 6.01 Å². The van der Waals surface area contributed by atoms with Crippen molar-refractivity contribution < 1.29 is 19.4 Å². The van der Waals surface area contributed by atoms with E-state index < -0.39 is 6.16 Å². The Hall–Kier alpha value is -3.63. The smallest absolute Gasteiger partial charge is 0.480 e. The first-order chi connectivity index (χ1) is 13.0. The fraction of sp³-hybridized carbons (Fsp3) is 0.312. The molecular weight excluding hydrogens is 354 g/mol. The highest BCUT2D eigenvalue weighted by atomic mass is 16.7. The molecule has 11 nitrogen and oxygen atoms in total. The second kappa shape index (κ2) is 7.72. The number of nitrogen functional groups attached to an aromatic ring is 1. The molecule has 142 valence electrons. The summed E-state index contributed by atoms with van der Waals surface area (Å²) in [5, 5.41) is 13.1. The van der Waals surface area contributed by atoms with E-state index in [1.54, 1.807) is 6.20 Å². The molecule has 0 saturated carbocycles. The van der Waals surface area contributed by atoms with E-state index in [0.29, 0.717) is 17.7 Å². The van der Waals surface area contributed by atoms with Crippen molar-refractivity contribution in [1.82, 2.24) is 24.5 Å². The summed E-state index contributed by atoms with van der Waals surface area (Å²) < 4.78 is 10.7. The number of carbonyl (C=O) groups is 1. The SMILES string of the molecule is COC(=O)OCCNc1nc(N)c2nc(O)n(Cc3ccc(C)nc3)c2n1. The molecule has 11 heteroatoms. The molecule has 0 atom stereocenters. The van der Waals surface area contributed by atoms with Crippen LogP contribution in [0.5, 0.6) is 6.01 Å². The van der Waals surface area contributed by atoms with Gasteiger partial charge in [0.05, 0.1) is 20.2 Å². The number of carbonyl (C=O) groups excluding carboxylic acids is 1. The highest BCUT2D eigenvalue weighted by Crippen LogP contribution is 2.24. The Kier molecular flexibility index (Phi) is 5.20. The largest absolute Gasteiger partial charge is 0.508 e. The van der Waals surface area contributed by atoms with Crippen LogP contribution in [0.25, 0.3) is 11.2 Å². The highest BCUT2D eigenvalue weighted by molar-refractivity contribution is 5.84. The van der Waals surface area contributed by atoms with E-state index >= 15 is 0 Å². The number of aryl methyl sites for hydroxylation is 1. The number of nitrogens with one attached hydrogen (secondary N) is 1. The minimum Gasteiger partial charge on any atom is -0.480 e. The van der Waals surface area contributed by atoms with Crippen molar-refractivity contribution in [3.8, 4) is 6.01 Å². The zero-order valence-electron chi connectivity index (χ0n) is 14.8. The minimum atomic E-state index is -0.776. The summed E-state index contributed by atoms with van der Waals surface area (Å²) in [7, 11) is 1.23. The molecule has 0 fully saturated rings. The number of hydrogen-bond acceptors (Lipinski definition) is 10. The Labute approximate surface area is 154 Å². The summed E-state index contributed by atoms with van der Waals surface area (Å²) in [6.45, 7) is 2.52. The van der Waals surface area contributed by atoms with Crippen molar-refractivity contribution in [1.29, 1.82) is 0 Å². The topological polar surface area (TPSA) is 150 Å². The molecule has 0 aromatic carbocycles. The predicted octanol–water partition coefficient (Wildman–Crippen LogP) is 1.06. The molecule has 0 spiro atoms. The predicted molar refractivity (Wildman–Crippen MR) is 96.3 cm³/mol. The number of aromatic hydroxyl groups is 1. The maximum Gasteiger partial charge on any atom is 0.508 e. The molecule has 0 amide bonds. The van der Waals surface area contributed by atoms with Crippen LogP contribution >= 0.6 is 0 Å². The number of rotatable bonds is 6. The molecule has 4 N–H and O–H groups in total. The van der Waals surface area contributed by atoms with Gasteiger partial charge in [-0.3, -0.25) is 9.55 Å². The third-order valence-corrected chi connectivity index (χ3v) is 3.69. The van der Waals surface area contributed by atoms with Gasteiger partial charge in [0.2, 0.25) is 5.95 Å². The van der Waals surface area contributed by atoms with E-state index in [0.717, 1.165) is 11.3 Å². The van der Waals surface area contributed by atoms with Gasteiger partial charge < -0.3 is 25.6 Å². The number of pyridine rings is 1. The van der Waals surface area contributed by atoms with E-state index in [-0.39, 0.29) is 30.9 Å². The van der Waals surface area contributed by atoms with E-state index in [1.807, 2.05) is 19.1 Å². The molecular formula is C16H19N7O4. The van der Waals surface area contributed by atoms with E-state index in [4.69, 9.17) is 10.5 Å². The van der Waals surface area contributed by atoms with Gasteiger partial charge >= 0.3 is 6.16 Å². The van der Waals surface area contributed by atoms with Gasteiger partial charge in [-0.1, -0.05) is 6.07 Å².